The molecule has 0 saturated carbocycles. The highest BCUT2D eigenvalue weighted by atomic mass is 79.9. The van der Waals surface area contributed by atoms with Crippen LogP contribution in [0.2, 0.25) is 0 Å². The third-order valence-corrected chi connectivity index (χ3v) is 6.37. The van der Waals surface area contributed by atoms with Crippen LogP contribution in [0.5, 0.6) is 5.75 Å². The number of halogens is 1. The van der Waals surface area contributed by atoms with Crippen molar-refractivity contribution in [1.82, 2.24) is 0 Å². The van der Waals surface area contributed by atoms with E-state index in [9.17, 15) is 4.57 Å². The number of rotatable bonds is 6. The Hall–Kier alpha value is -0.740. The summed E-state index contributed by atoms with van der Waals surface area (Å²) in [7, 11) is 0. The fourth-order valence-corrected chi connectivity index (χ4v) is 5.09. The van der Waals surface area contributed by atoms with Crippen LogP contribution < -0.4 is 4.52 Å². The fourth-order valence-electron chi connectivity index (χ4n) is 1.46. The summed E-state index contributed by atoms with van der Waals surface area (Å²) in [6.07, 6.45) is 0. The minimum absolute atomic E-state index is 0.327. The molecule has 106 valence electrons. The maximum atomic E-state index is 12.7. The molecular weight excluding hydrogens is 359 g/mol. The Morgan fingerprint density at radius 2 is 1.75 bits per heavy atom. The molecule has 0 fully saturated rings. The lowest BCUT2D eigenvalue weighted by Gasteiger charge is -2.17. The number of hydrogen-bond acceptors (Lipinski definition) is 4. The summed E-state index contributed by atoms with van der Waals surface area (Å²) in [4.78, 5) is 0.849. The van der Waals surface area contributed by atoms with E-state index in [1.807, 2.05) is 42.5 Å². The predicted molar refractivity (Wildman–Crippen MR) is 86.3 cm³/mol. The Morgan fingerprint density at radius 3 is 2.35 bits per heavy atom. The quantitative estimate of drug-likeness (QED) is 0.603. The Morgan fingerprint density at radius 1 is 1.10 bits per heavy atom. The lowest BCUT2D eigenvalue weighted by atomic mass is 10.3. The van der Waals surface area contributed by atoms with Gasteiger partial charge in [0.05, 0.1) is 6.61 Å². The molecule has 3 nitrogen and oxygen atoms in total. The zero-order valence-electron chi connectivity index (χ0n) is 10.9. The number of hydrogen-bond donors (Lipinski definition) is 0. The van der Waals surface area contributed by atoms with Crippen molar-refractivity contribution in [2.75, 3.05) is 6.61 Å². The van der Waals surface area contributed by atoms with Gasteiger partial charge in [-0.2, -0.15) is 0 Å². The highest BCUT2D eigenvalue weighted by Crippen LogP contribution is 2.62. The lowest BCUT2D eigenvalue weighted by molar-refractivity contribution is 0.296. The lowest BCUT2D eigenvalue weighted by Crippen LogP contribution is -1.95. The van der Waals surface area contributed by atoms with Gasteiger partial charge in [-0.25, -0.2) is 4.57 Å². The van der Waals surface area contributed by atoms with Crippen LogP contribution in [0.4, 0.5) is 0 Å². The maximum absolute atomic E-state index is 12.7. The van der Waals surface area contributed by atoms with Crippen LogP contribution >= 0.6 is 34.1 Å². The molecule has 0 bridgehead atoms. The van der Waals surface area contributed by atoms with Crippen molar-refractivity contribution in [3.8, 4) is 5.75 Å². The molecule has 0 aliphatic rings. The summed E-state index contributed by atoms with van der Waals surface area (Å²) in [5, 5.41) is 0. The molecule has 0 spiro atoms. The van der Waals surface area contributed by atoms with Gasteiger partial charge in [-0.15, -0.1) is 0 Å². The van der Waals surface area contributed by atoms with E-state index in [2.05, 4.69) is 15.9 Å². The van der Waals surface area contributed by atoms with E-state index in [-0.39, 0.29) is 0 Å². The van der Waals surface area contributed by atoms with Crippen LogP contribution in [-0.2, 0) is 9.09 Å². The highest BCUT2D eigenvalue weighted by Gasteiger charge is 2.28. The second-order valence-corrected chi connectivity index (χ2v) is 8.61. The average molecular weight is 373 g/mol. The summed E-state index contributed by atoms with van der Waals surface area (Å²) in [6.45, 7) is -1.16. The molecule has 0 aromatic heterocycles. The summed E-state index contributed by atoms with van der Waals surface area (Å²) in [5.41, 5.74) is 0. The van der Waals surface area contributed by atoms with Gasteiger partial charge < -0.3 is 4.52 Å². The van der Waals surface area contributed by atoms with E-state index in [4.69, 9.17) is 9.05 Å². The van der Waals surface area contributed by atoms with Crippen LogP contribution in [0.3, 0.4) is 0 Å². The molecule has 0 saturated heterocycles. The maximum Gasteiger partial charge on any atom is 0.444 e. The molecule has 2 rings (SSSR count). The summed E-state index contributed by atoms with van der Waals surface area (Å²) in [6, 6.07) is 16.6. The van der Waals surface area contributed by atoms with Gasteiger partial charge >= 0.3 is 6.80 Å². The molecule has 2 aromatic carbocycles. The van der Waals surface area contributed by atoms with Gasteiger partial charge in [0.15, 0.2) is 0 Å². The Bertz CT molecular complexity index is 589. The zero-order valence-corrected chi connectivity index (χ0v) is 14.2. The summed E-state index contributed by atoms with van der Waals surface area (Å²) >= 11 is 4.46. The summed E-state index contributed by atoms with van der Waals surface area (Å²) in [5.74, 6) is 0.522. The van der Waals surface area contributed by atoms with Gasteiger partial charge in [-0.3, -0.25) is 4.52 Å². The molecule has 0 aliphatic carbocycles. The normalized spacial score (nSPS) is 13.7. The average Bonchev–Trinajstić information content (AvgIpc) is 2.42. The Kier molecular flexibility index (Phi) is 5.73. The second kappa shape index (κ2) is 7.32. The van der Waals surface area contributed by atoms with Gasteiger partial charge in [0, 0.05) is 20.7 Å². The zero-order chi connectivity index (χ0) is 14.4. The Balaban J connectivity index is 2.16. The van der Waals surface area contributed by atoms with E-state index >= 15 is 0 Å². The van der Waals surface area contributed by atoms with Gasteiger partial charge in [-0.05, 0) is 43.3 Å². The molecule has 1 unspecified atom stereocenters. The smallest absolute Gasteiger partial charge is 0.417 e. The Labute approximate surface area is 131 Å². The molecule has 0 amide bonds. The molecule has 20 heavy (non-hydrogen) atoms. The monoisotopic (exact) mass is 372 g/mol. The first-order chi connectivity index (χ1) is 9.61. The second-order valence-electron chi connectivity index (χ2n) is 3.81. The van der Waals surface area contributed by atoms with Crippen molar-refractivity contribution in [1.29, 1.82) is 0 Å². The van der Waals surface area contributed by atoms with Gasteiger partial charge in [-0.1, -0.05) is 34.1 Å². The first-order valence-corrected chi connectivity index (χ1v) is 9.81. The summed E-state index contributed by atoms with van der Waals surface area (Å²) < 4.78 is 24.6. The fraction of sp³-hybridized carbons (Fsp3) is 0.143. The van der Waals surface area contributed by atoms with Gasteiger partial charge in [0.1, 0.15) is 5.75 Å². The molecule has 0 radical (unpaired) electrons. The minimum atomic E-state index is -3.28. The largest absolute Gasteiger partial charge is 0.444 e. The third kappa shape index (κ3) is 4.67. The van der Waals surface area contributed by atoms with Gasteiger partial charge in [0.25, 0.3) is 0 Å². The first-order valence-electron chi connectivity index (χ1n) is 6.06. The van der Waals surface area contributed by atoms with E-state index in [0.29, 0.717) is 12.4 Å². The molecular formula is C14H14BrO3PS. The van der Waals surface area contributed by atoms with Crippen LogP contribution in [-0.4, -0.2) is 6.61 Å². The molecule has 0 heterocycles. The topological polar surface area (TPSA) is 35.5 Å². The van der Waals surface area contributed by atoms with Crippen LogP contribution in [0.1, 0.15) is 6.92 Å². The van der Waals surface area contributed by atoms with E-state index in [0.717, 1.165) is 20.7 Å². The van der Waals surface area contributed by atoms with Gasteiger partial charge in [0.2, 0.25) is 0 Å². The standard InChI is InChI=1S/C14H14BrO3PS/c1-2-17-19(16,20-14-6-4-3-5-7-14)18-13-10-8-12(15)9-11-13/h3-11H,2H2,1H3. The van der Waals surface area contributed by atoms with Crippen LogP contribution in [0, 0.1) is 0 Å². The van der Waals surface area contributed by atoms with Crippen molar-refractivity contribution >= 4 is 34.1 Å². The molecule has 2 aromatic rings. The van der Waals surface area contributed by atoms with E-state index in [1.165, 1.54) is 0 Å². The van der Waals surface area contributed by atoms with Crippen molar-refractivity contribution in [3.63, 3.8) is 0 Å². The molecule has 0 N–H and O–H groups in total. The molecule has 1 atom stereocenters. The van der Waals surface area contributed by atoms with E-state index < -0.39 is 6.80 Å². The molecule has 6 heteroatoms. The predicted octanol–water partition coefficient (Wildman–Crippen LogP) is 5.76. The third-order valence-electron chi connectivity index (χ3n) is 2.28. The van der Waals surface area contributed by atoms with Crippen molar-refractivity contribution in [2.45, 2.75) is 11.8 Å². The van der Waals surface area contributed by atoms with E-state index in [1.54, 1.807) is 19.1 Å². The SMILES string of the molecule is CCOP(=O)(Oc1ccc(Br)cc1)Sc1ccccc1. The number of benzene rings is 2. The minimum Gasteiger partial charge on any atom is -0.417 e. The van der Waals surface area contributed by atoms with Crippen molar-refractivity contribution in [3.05, 3.63) is 59.1 Å². The molecule has 0 aliphatic heterocycles. The highest BCUT2D eigenvalue weighted by molar-refractivity contribution is 9.10. The van der Waals surface area contributed by atoms with Crippen molar-refractivity contribution in [2.24, 2.45) is 0 Å². The van der Waals surface area contributed by atoms with Crippen LogP contribution in [0.25, 0.3) is 0 Å². The van der Waals surface area contributed by atoms with Crippen LogP contribution in [0.15, 0.2) is 64.0 Å². The van der Waals surface area contributed by atoms with Crippen molar-refractivity contribution < 1.29 is 13.6 Å². The first kappa shape index (κ1) is 15.6.